The molecule has 0 amide bonds. The highest BCUT2D eigenvalue weighted by Gasteiger charge is 2.25. The Morgan fingerprint density at radius 2 is 1.97 bits per heavy atom. The number of nitrogen functional groups attached to an aromatic ring is 1. The lowest BCUT2D eigenvalue weighted by atomic mass is 10.1. The van der Waals surface area contributed by atoms with E-state index in [1.165, 1.54) is 0 Å². The number of nitrogens with two attached hydrogens (primary N) is 1. The van der Waals surface area contributed by atoms with Gasteiger partial charge in [-0.25, -0.2) is 15.0 Å². The third kappa shape index (κ3) is 4.29. The zero-order valence-electron chi connectivity index (χ0n) is 19.9. The number of rotatable bonds is 4. The van der Waals surface area contributed by atoms with E-state index in [1.54, 1.807) is 34.9 Å². The van der Waals surface area contributed by atoms with Gasteiger partial charge in [0, 0.05) is 28.5 Å². The Morgan fingerprint density at radius 3 is 2.78 bits per heavy atom. The van der Waals surface area contributed by atoms with Crippen molar-refractivity contribution in [1.29, 1.82) is 0 Å². The van der Waals surface area contributed by atoms with Crippen molar-refractivity contribution in [3.8, 4) is 23.0 Å². The van der Waals surface area contributed by atoms with Gasteiger partial charge in [0.05, 0.1) is 11.1 Å². The number of thioether (sulfide) groups is 1. The fourth-order valence-electron chi connectivity index (χ4n) is 3.91. The average Bonchev–Trinajstić information content (AvgIpc) is 3.45. The van der Waals surface area contributed by atoms with Crippen LogP contribution in [0, 0.1) is 6.92 Å². The van der Waals surface area contributed by atoms with Crippen molar-refractivity contribution in [2.75, 3.05) is 16.8 Å². The van der Waals surface area contributed by atoms with Crippen molar-refractivity contribution in [3.05, 3.63) is 60.7 Å². The van der Waals surface area contributed by atoms with Gasteiger partial charge < -0.3 is 15.8 Å². The van der Waals surface area contributed by atoms with Crippen LogP contribution < -0.4 is 15.8 Å². The molecule has 3 aromatic heterocycles. The van der Waals surface area contributed by atoms with Gasteiger partial charge in [-0.2, -0.15) is 0 Å². The number of amidine groups is 1. The van der Waals surface area contributed by atoms with Crippen molar-refractivity contribution in [2.24, 2.45) is 4.99 Å². The summed E-state index contributed by atoms with van der Waals surface area (Å²) in [6, 6.07) is 13.4. The van der Waals surface area contributed by atoms with E-state index in [-0.39, 0.29) is 5.54 Å². The summed E-state index contributed by atoms with van der Waals surface area (Å²) in [5, 5.41) is 13.0. The van der Waals surface area contributed by atoms with E-state index >= 15 is 0 Å². The fraction of sp³-hybridized carbons (Fsp3) is 0.200. The number of hydrogen-bond acceptors (Lipinski definition) is 10. The minimum Gasteiger partial charge on any atom is -0.439 e. The van der Waals surface area contributed by atoms with Gasteiger partial charge in [0.2, 0.25) is 5.88 Å². The quantitative estimate of drug-likeness (QED) is 0.363. The molecule has 0 atom stereocenters. The Morgan fingerprint density at radius 1 is 1.08 bits per heavy atom. The van der Waals surface area contributed by atoms with E-state index in [0.717, 1.165) is 38.6 Å². The first-order valence-electron chi connectivity index (χ1n) is 11.3. The van der Waals surface area contributed by atoms with E-state index in [2.05, 4.69) is 39.3 Å². The highest BCUT2D eigenvalue weighted by atomic mass is 32.2. The molecule has 0 spiro atoms. The number of benzene rings is 2. The normalized spacial score (nSPS) is 14.8. The Labute approximate surface area is 211 Å². The first-order chi connectivity index (χ1) is 17.3. The number of nitrogens with one attached hydrogen (secondary N) is 1. The first kappa shape index (κ1) is 22.2. The van der Waals surface area contributed by atoms with Crippen LogP contribution in [0.4, 0.5) is 11.5 Å². The van der Waals surface area contributed by atoms with Crippen molar-refractivity contribution in [3.63, 3.8) is 0 Å². The largest absolute Gasteiger partial charge is 0.439 e. The lowest BCUT2D eigenvalue weighted by molar-refractivity contribution is 0.458. The third-order valence-corrected chi connectivity index (χ3v) is 7.07. The molecule has 6 rings (SSSR count). The summed E-state index contributed by atoms with van der Waals surface area (Å²) >= 11 is 1.71. The van der Waals surface area contributed by atoms with Gasteiger partial charge in [-0.05, 0) is 62.7 Å². The van der Waals surface area contributed by atoms with Crippen LogP contribution >= 0.6 is 11.8 Å². The number of nitrogens with zero attached hydrogens (tertiary/aromatic N) is 7. The van der Waals surface area contributed by atoms with Gasteiger partial charge in [-0.3, -0.25) is 9.39 Å². The SMILES string of the molecule is Cc1cc(-c2nc(N)c3cc(NC4=NC(C)(C)CS4)ccc3n2)ccc1Oc1cc2nncn2cn1. The first-order valence-corrected chi connectivity index (χ1v) is 12.3. The predicted octanol–water partition coefficient (Wildman–Crippen LogP) is 4.71. The van der Waals surface area contributed by atoms with Gasteiger partial charge in [-0.1, -0.05) is 11.8 Å². The molecule has 11 heteroatoms. The van der Waals surface area contributed by atoms with E-state index in [4.69, 9.17) is 20.4 Å². The number of ether oxygens (including phenoxy) is 1. The molecule has 4 heterocycles. The molecule has 0 saturated heterocycles. The average molecular weight is 498 g/mol. The van der Waals surface area contributed by atoms with E-state index in [1.807, 2.05) is 43.3 Å². The maximum atomic E-state index is 6.36. The number of aliphatic imine (C=N–C) groups is 1. The fourth-order valence-corrected chi connectivity index (χ4v) is 4.97. The lowest BCUT2D eigenvalue weighted by Gasteiger charge is -2.11. The zero-order chi connectivity index (χ0) is 24.9. The Bertz CT molecular complexity index is 1660. The zero-order valence-corrected chi connectivity index (χ0v) is 20.7. The molecule has 1 aliphatic heterocycles. The van der Waals surface area contributed by atoms with Crippen LogP contribution in [-0.4, -0.2) is 46.0 Å². The minimum atomic E-state index is -0.0545. The van der Waals surface area contributed by atoms with Crippen molar-refractivity contribution in [1.82, 2.24) is 29.5 Å². The molecule has 10 nitrogen and oxygen atoms in total. The predicted molar refractivity (Wildman–Crippen MR) is 143 cm³/mol. The lowest BCUT2D eigenvalue weighted by Crippen LogP contribution is -2.15. The van der Waals surface area contributed by atoms with Gasteiger partial charge in [-0.15, -0.1) is 10.2 Å². The summed E-state index contributed by atoms with van der Waals surface area (Å²) in [4.78, 5) is 18.3. The van der Waals surface area contributed by atoms with Crippen LogP contribution in [0.2, 0.25) is 0 Å². The molecule has 3 N–H and O–H groups in total. The second-order valence-electron chi connectivity index (χ2n) is 9.21. The smallest absolute Gasteiger partial charge is 0.224 e. The minimum absolute atomic E-state index is 0.0545. The molecule has 1 aliphatic rings. The molecule has 0 aliphatic carbocycles. The van der Waals surface area contributed by atoms with Crippen molar-refractivity contribution < 1.29 is 4.74 Å². The topological polar surface area (TPSA) is 128 Å². The molecule has 0 bridgehead atoms. The van der Waals surface area contributed by atoms with Crippen molar-refractivity contribution in [2.45, 2.75) is 26.3 Å². The molecule has 0 radical (unpaired) electrons. The summed E-state index contributed by atoms with van der Waals surface area (Å²) in [6.07, 6.45) is 3.20. The van der Waals surface area contributed by atoms with Crippen LogP contribution in [0.15, 0.2) is 60.1 Å². The summed E-state index contributed by atoms with van der Waals surface area (Å²) in [6.45, 7) is 6.21. The highest BCUT2D eigenvalue weighted by Crippen LogP contribution is 2.32. The highest BCUT2D eigenvalue weighted by molar-refractivity contribution is 8.14. The molecule has 0 unspecified atom stereocenters. The summed E-state index contributed by atoms with van der Waals surface area (Å²) in [7, 11) is 0. The number of hydrogen-bond donors (Lipinski definition) is 2. The van der Waals surface area contributed by atoms with Crippen LogP contribution in [0.5, 0.6) is 11.6 Å². The standard InChI is InChI=1S/C25H23N9OS/c1-14-8-15(4-7-19(14)35-21-10-20-33-28-13-34(20)12-27-21)23-30-18-6-5-16(9-17(18)22(26)31-23)29-24-32-25(2,3)11-36-24/h4-10,12-13H,11H2,1-3H3,(H,29,32)(H2,26,30,31). The maximum absolute atomic E-state index is 6.36. The number of aromatic nitrogens is 6. The Balaban J connectivity index is 1.26. The van der Waals surface area contributed by atoms with Gasteiger partial charge in [0.1, 0.15) is 24.2 Å². The maximum Gasteiger partial charge on any atom is 0.224 e. The Kier molecular flexibility index (Phi) is 5.22. The molecular weight excluding hydrogens is 474 g/mol. The number of aryl methyl sites for hydroxylation is 1. The van der Waals surface area contributed by atoms with Crippen molar-refractivity contribution >= 4 is 45.0 Å². The molecule has 180 valence electrons. The molecule has 5 aromatic rings. The van der Waals surface area contributed by atoms with E-state index in [0.29, 0.717) is 28.9 Å². The summed E-state index contributed by atoms with van der Waals surface area (Å²) in [5.41, 5.74) is 10.4. The van der Waals surface area contributed by atoms with Crippen LogP contribution in [0.3, 0.4) is 0 Å². The van der Waals surface area contributed by atoms with Crippen LogP contribution in [0.1, 0.15) is 19.4 Å². The van der Waals surface area contributed by atoms with E-state index in [9.17, 15) is 0 Å². The molecule has 36 heavy (non-hydrogen) atoms. The number of anilines is 2. The van der Waals surface area contributed by atoms with Crippen LogP contribution in [0.25, 0.3) is 27.9 Å². The van der Waals surface area contributed by atoms with E-state index < -0.39 is 0 Å². The molecule has 0 fully saturated rings. The molecular formula is C25H23N9OS. The van der Waals surface area contributed by atoms with Gasteiger partial charge in [0.25, 0.3) is 0 Å². The monoisotopic (exact) mass is 497 g/mol. The second kappa shape index (κ2) is 8.45. The number of fused-ring (bicyclic) bond motifs is 2. The molecule has 2 aromatic carbocycles. The Hall–Kier alpha value is -4.25. The van der Waals surface area contributed by atoms with Gasteiger partial charge >= 0.3 is 0 Å². The third-order valence-electron chi connectivity index (χ3n) is 5.75. The van der Waals surface area contributed by atoms with Crippen LogP contribution in [-0.2, 0) is 0 Å². The van der Waals surface area contributed by atoms with Gasteiger partial charge in [0.15, 0.2) is 16.6 Å². The molecule has 0 saturated carbocycles. The summed E-state index contributed by atoms with van der Waals surface area (Å²) in [5.74, 6) is 3.04. The second-order valence-corrected chi connectivity index (χ2v) is 10.2. The summed E-state index contributed by atoms with van der Waals surface area (Å²) < 4.78 is 7.69.